The number of benzene rings is 1. The lowest BCUT2D eigenvalue weighted by Gasteiger charge is -2.23. The smallest absolute Gasteiger partial charge is 0.223 e. The maximum atomic E-state index is 12.5. The highest BCUT2D eigenvalue weighted by Crippen LogP contribution is 2.58. The molecule has 3 aliphatic rings. The van der Waals surface area contributed by atoms with Crippen LogP contribution in [0.5, 0.6) is 11.5 Å². The van der Waals surface area contributed by atoms with Crippen molar-refractivity contribution < 1.29 is 14.3 Å². The van der Waals surface area contributed by atoms with Gasteiger partial charge in [-0.15, -0.1) is 0 Å². The third-order valence-electron chi connectivity index (χ3n) is 5.43. The Morgan fingerprint density at radius 1 is 1.29 bits per heavy atom. The molecule has 1 aromatic rings. The molecular formula is C18H23ClN2O3. The van der Waals surface area contributed by atoms with E-state index in [0.29, 0.717) is 36.3 Å². The van der Waals surface area contributed by atoms with Gasteiger partial charge < -0.3 is 20.1 Å². The van der Waals surface area contributed by atoms with Gasteiger partial charge in [0.2, 0.25) is 5.91 Å². The van der Waals surface area contributed by atoms with Crippen molar-refractivity contribution in [1.82, 2.24) is 10.6 Å². The second-order valence-corrected chi connectivity index (χ2v) is 7.45. The lowest BCUT2D eigenvalue weighted by atomic mass is 9.92. The Hall–Kier alpha value is -1.46. The molecule has 1 atom stereocenters. The molecule has 6 heteroatoms. The van der Waals surface area contributed by atoms with Crippen LogP contribution in [0, 0.1) is 11.3 Å². The van der Waals surface area contributed by atoms with Crippen molar-refractivity contribution in [2.45, 2.75) is 32.2 Å². The lowest BCUT2D eigenvalue weighted by Crippen LogP contribution is -2.33. The van der Waals surface area contributed by atoms with Crippen molar-refractivity contribution in [2.75, 3.05) is 26.3 Å². The number of hydrogen-bond acceptors (Lipinski definition) is 4. The van der Waals surface area contributed by atoms with E-state index in [4.69, 9.17) is 21.1 Å². The summed E-state index contributed by atoms with van der Waals surface area (Å²) in [7, 11) is 0. The third-order valence-corrected chi connectivity index (χ3v) is 5.71. The molecule has 2 fully saturated rings. The quantitative estimate of drug-likeness (QED) is 0.879. The average molecular weight is 351 g/mol. The fourth-order valence-electron chi connectivity index (χ4n) is 3.89. The van der Waals surface area contributed by atoms with Gasteiger partial charge in [-0.25, -0.2) is 0 Å². The molecule has 4 rings (SSSR count). The standard InChI is InChI=1S/C18H23ClN2O3/c19-14-8-12(9-15-16(14)24-7-1-6-23-15)11-21-17(22)13-10-18(13)2-4-20-5-3-18/h8-9,13,20H,1-7,10-11H2,(H,21,22). The highest BCUT2D eigenvalue weighted by atomic mass is 35.5. The minimum Gasteiger partial charge on any atom is -0.489 e. The van der Waals surface area contributed by atoms with Crippen molar-refractivity contribution in [3.8, 4) is 11.5 Å². The molecule has 1 aliphatic carbocycles. The van der Waals surface area contributed by atoms with E-state index in [9.17, 15) is 4.79 Å². The molecule has 130 valence electrons. The predicted octanol–water partition coefficient (Wildman–Crippen LogP) is 2.51. The predicted molar refractivity (Wildman–Crippen MR) is 91.5 cm³/mol. The van der Waals surface area contributed by atoms with Crippen molar-refractivity contribution in [3.63, 3.8) is 0 Å². The Bertz CT molecular complexity index is 643. The van der Waals surface area contributed by atoms with Crippen LogP contribution in [0.25, 0.3) is 0 Å². The van der Waals surface area contributed by atoms with Gasteiger partial charge in [0.1, 0.15) is 0 Å². The van der Waals surface area contributed by atoms with Crippen molar-refractivity contribution in [3.05, 3.63) is 22.7 Å². The number of amides is 1. The van der Waals surface area contributed by atoms with E-state index in [-0.39, 0.29) is 17.2 Å². The number of nitrogens with one attached hydrogen (secondary N) is 2. The Kier molecular flexibility index (Phi) is 4.31. The van der Waals surface area contributed by atoms with Gasteiger partial charge in [0.15, 0.2) is 11.5 Å². The second kappa shape index (κ2) is 6.45. The summed E-state index contributed by atoms with van der Waals surface area (Å²) in [6.07, 6.45) is 4.10. The van der Waals surface area contributed by atoms with E-state index < -0.39 is 0 Å². The number of carbonyl (C=O) groups excluding carboxylic acids is 1. The molecule has 0 bridgehead atoms. The summed E-state index contributed by atoms with van der Waals surface area (Å²) in [6, 6.07) is 3.77. The minimum atomic E-state index is 0.167. The van der Waals surface area contributed by atoms with Crippen LogP contribution in [0.1, 0.15) is 31.2 Å². The first-order valence-electron chi connectivity index (χ1n) is 8.74. The van der Waals surface area contributed by atoms with Gasteiger partial charge in [-0.2, -0.15) is 0 Å². The monoisotopic (exact) mass is 350 g/mol. The number of rotatable bonds is 3. The van der Waals surface area contributed by atoms with E-state index in [0.717, 1.165) is 44.3 Å². The summed E-state index contributed by atoms with van der Waals surface area (Å²) >= 11 is 6.30. The summed E-state index contributed by atoms with van der Waals surface area (Å²) < 4.78 is 11.3. The number of fused-ring (bicyclic) bond motifs is 1. The first kappa shape index (κ1) is 16.0. The Morgan fingerprint density at radius 2 is 2.08 bits per heavy atom. The summed E-state index contributed by atoms with van der Waals surface area (Å²) in [5, 5.41) is 6.98. The molecule has 1 saturated heterocycles. The fourth-order valence-corrected chi connectivity index (χ4v) is 4.18. The summed E-state index contributed by atoms with van der Waals surface area (Å²) in [6.45, 7) is 3.77. The number of hydrogen-bond donors (Lipinski definition) is 2. The zero-order valence-corrected chi connectivity index (χ0v) is 14.5. The molecule has 2 heterocycles. The fraction of sp³-hybridized carbons (Fsp3) is 0.611. The molecule has 5 nitrogen and oxygen atoms in total. The minimum absolute atomic E-state index is 0.167. The Morgan fingerprint density at radius 3 is 2.92 bits per heavy atom. The number of carbonyl (C=O) groups is 1. The van der Waals surface area contributed by atoms with E-state index in [2.05, 4.69) is 10.6 Å². The normalized spacial score (nSPS) is 24.3. The van der Waals surface area contributed by atoms with Crippen molar-refractivity contribution in [1.29, 1.82) is 0 Å². The van der Waals surface area contributed by atoms with Crippen LogP contribution in [-0.2, 0) is 11.3 Å². The molecule has 24 heavy (non-hydrogen) atoms. The molecule has 2 aliphatic heterocycles. The summed E-state index contributed by atoms with van der Waals surface area (Å²) in [5.74, 6) is 1.63. The highest BCUT2D eigenvalue weighted by Gasteiger charge is 2.57. The molecule has 1 amide bonds. The van der Waals surface area contributed by atoms with Gasteiger partial charge in [0.25, 0.3) is 0 Å². The topological polar surface area (TPSA) is 59.6 Å². The van der Waals surface area contributed by atoms with Gasteiger partial charge in [0.05, 0.1) is 18.2 Å². The molecule has 2 N–H and O–H groups in total. The van der Waals surface area contributed by atoms with Gasteiger partial charge in [-0.3, -0.25) is 4.79 Å². The first-order chi connectivity index (χ1) is 11.7. The van der Waals surface area contributed by atoms with Crippen LogP contribution in [0.2, 0.25) is 5.02 Å². The maximum absolute atomic E-state index is 12.5. The van der Waals surface area contributed by atoms with Crippen molar-refractivity contribution in [2.24, 2.45) is 11.3 Å². The zero-order valence-electron chi connectivity index (χ0n) is 13.7. The lowest BCUT2D eigenvalue weighted by molar-refractivity contribution is -0.123. The largest absolute Gasteiger partial charge is 0.489 e. The molecular weight excluding hydrogens is 328 g/mol. The van der Waals surface area contributed by atoms with Gasteiger partial charge in [0, 0.05) is 18.9 Å². The van der Waals surface area contributed by atoms with Crippen LogP contribution in [0.3, 0.4) is 0 Å². The van der Waals surface area contributed by atoms with E-state index in [1.54, 1.807) is 0 Å². The number of piperidine rings is 1. The van der Waals surface area contributed by atoms with Crippen LogP contribution in [0.15, 0.2) is 12.1 Å². The Labute approximate surface area is 147 Å². The Balaban J connectivity index is 1.38. The van der Waals surface area contributed by atoms with Crippen LogP contribution in [0.4, 0.5) is 0 Å². The number of ether oxygens (including phenoxy) is 2. The molecule has 1 saturated carbocycles. The van der Waals surface area contributed by atoms with Crippen molar-refractivity contribution >= 4 is 17.5 Å². The third kappa shape index (κ3) is 3.07. The molecule has 0 aromatic heterocycles. The molecule has 1 aromatic carbocycles. The summed E-state index contributed by atoms with van der Waals surface area (Å²) in [5.41, 5.74) is 1.20. The van der Waals surface area contributed by atoms with Gasteiger partial charge in [-0.1, -0.05) is 11.6 Å². The molecule has 1 spiro atoms. The SMILES string of the molecule is O=C(NCc1cc(Cl)c2c(c1)OCCCO2)C1CC12CCNCC2. The van der Waals surface area contributed by atoms with Crippen LogP contribution >= 0.6 is 11.6 Å². The van der Waals surface area contributed by atoms with Crippen LogP contribution < -0.4 is 20.1 Å². The zero-order chi connectivity index (χ0) is 16.6. The second-order valence-electron chi connectivity index (χ2n) is 7.04. The molecule has 1 unspecified atom stereocenters. The number of halogens is 1. The van der Waals surface area contributed by atoms with Crippen LogP contribution in [-0.4, -0.2) is 32.2 Å². The average Bonchev–Trinajstić information content (AvgIpc) is 3.32. The van der Waals surface area contributed by atoms with Gasteiger partial charge >= 0.3 is 0 Å². The maximum Gasteiger partial charge on any atom is 0.223 e. The molecule has 0 radical (unpaired) electrons. The van der Waals surface area contributed by atoms with Gasteiger partial charge in [-0.05, 0) is 55.5 Å². The highest BCUT2D eigenvalue weighted by molar-refractivity contribution is 6.32. The van der Waals surface area contributed by atoms with E-state index >= 15 is 0 Å². The van der Waals surface area contributed by atoms with E-state index in [1.165, 1.54) is 0 Å². The first-order valence-corrected chi connectivity index (χ1v) is 9.12. The summed E-state index contributed by atoms with van der Waals surface area (Å²) in [4.78, 5) is 12.5. The van der Waals surface area contributed by atoms with E-state index in [1.807, 2.05) is 12.1 Å².